The van der Waals surface area contributed by atoms with Crippen molar-refractivity contribution in [2.24, 2.45) is 0 Å². The Kier molecular flexibility index (Phi) is 5.75. The first-order chi connectivity index (χ1) is 14.9. The lowest BCUT2D eigenvalue weighted by Crippen LogP contribution is -2.11. The van der Waals surface area contributed by atoms with E-state index in [-0.39, 0.29) is 17.4 Å². The molecule has 0 unspecified atom stereocenters. The molecule has 31 heavy (non-hydrogen) atoms. The zero-order chi connectivity index (χ0) is 22.0. The fraction of sp³-hybridized carbons (Fsp3) is 0. The van der Waals surface area contributed by atoms with Crippen molar-refractivity contribution < 1.29 is 14.1 Å². The van der Waals surface area contributed by atoms with E-state index in [1.54, 1.807) is 48.5 Å². The van der Waals surface area contributed by atoms with Crippen molar-refractivity contribution in [3.8, 4) is 21.7 Å². The molecule has 1 N–H and O–H groups in total. The summed E-state index contributed by atoms with van der Waals surface area (Å²) in [6, 6.07) is 18.3. The van der Waals surface area contributed by atoms with Gasteiger partial charge in [-0.15, -0.1) is 0 Å². The van der Waals surface area contributed by atoms with Gasteiger partial charge in [-0.1, -0.05) is 29.0 Å². The number of anilines is 1. The van der Waals surface area contributed by atoms with Crippen LogP contribution in [0.5, 0.6) is 0 Å². The number of nitro benzene ring substituents is 1. The van der Waals surface area contributed by atoms with Crippen LogP contribution in [0, 0.1) is 15.9 Å². The number of hydrogen-bond donors (Lipinski definition) is 1. The van der Waals surface area contributed by atoms with E-state index in [1.807, 2.05) is 0 Å². The van der Waals surface area contributed by atoms with Gasteiger partial charge >= 0.3 is 0 Å². The van der Waals surface area contributed by atoms with Gasteiger partial charge in [0.2, 0.25) is 0 Å². The number of non-ortho nitro benzene ring substituents is 1. The van der Waals surface area contributed by atoms with Gasteiger partial charge in [0, 0.05) is 28.3 Å². The summed E-state index contributed by atoms with van der Waals surface area (Å²) in [7, 11) is 0. The van der Waals surface area contributed by atoms with Crippen LogP contribution in [0.15, 0.2) is 72.8 Å². The number of carbonyl (C=O) groups is 1. The Bertz CT molecular complexity index is 1270. The number of nitro groups is 1. The number of aromatic nitrogens is 1. The van der Waals surface area contributed by atoms with Crippen molar-refractivity contribution in [1.82, 2.24) is 4.98 Å². The molecule has 0 fully saturated rings. The third-order valence-corrected chi connectivity index (χ3v) is 5.65. The van der Waals surface area contributed by atoms with Gasteiger partial charge in [0.25, 0.3) is 11.6 Å². The maximum absolute atomic E-state index is 13.4. The third-order valence-electron chi connectivity index (χ3n) is 4.39. The first-order valence-corrected chi connectivity index (χ1v) is 10.2. The fourth-order valence-corrected chi connectivity index (χ4v) is 4.08. The van der Waals surface area contributed by atoms with Gasteiger partial charge in [-0.25, -0.2) is 9.37 Å². The molecule has 1 aromatic heterocycles. The minimum Gasteiger partial charge on any atom is -0.298 e. The molecular formula is C22H13ClFN3O3S. The number of nitrogens with one attached hydrogen (secondary N) is 1. The number of benzene rings is 3. The molecule has 0 spiro atoms. The largest absolute Gasteiger partial charge is 0.298 e. The SMILES string of the molecule is O=C(Nc1nc(-c2ccc(F)cc2)c(-c2ccc([N+](=O)[O-])cc2)s1)c1cccc(Cl)c1. The smallest absolute Gasteiger partial charge is 0.269 e. The Balaban J connectivity index is 1.74. The minimum absolute atomic E-state index is 0.0360. The highest BCUT2D eigenvalue weighted by Gasteiger charge is 2.18. The van der Waals surface area contributed by atoms with Crippen molar-refractivity contribution in [2.45, 2.75) is 0 Å². The molecule has 154 valence electrons. The molecule has 1 amide bonds. The molecule has 9 heteroatoms. The van der Waals surface area contributed by atoms with Crippen molar-refractivity contribution in [2.75, 3.05) is 5.32 Å². The maximum Gasteiger partial charge on any atom is 0.269 e. The molecule has 4 rings (SSSR count). The van der Waals surface area contributed by atoms with E-state index in [0.29, 0.717) is 37.4 Å². The lowest BCUT2D eigenvalue weighted by Gasteiger charge is -2.03. The van der Waals surface area contributed by atoms with Gasteiger partial charge in [0.05, 0.1) is 15.5 Å². The summed E-state index contributed by atoms with van der Waals surface area (Å²) in [5.41, 5.74) is 2.20. The monoisotopic (exact) mass is 453 g/mol. The van der Waals surface area contributed by atoms with Crippen molar-refractivity contribution in [1.29, 1.82) is 0 Å². The summed E-state index contributed by atoms with van der Waals surface area (Å²) in [6.07, 6.45) is 0. The van der Waals surface area contributed by atoms with E-state index >= 15 is 0 Å². The summed E-state index contributed by atoms with van der Waals surface area (Å²) in [6.45, 7) is 0. The summed E-state index contributed by atoms with van der Waals surface area (Å²) >= 11 is 7.17. The molecule has 0 saturated carbocycles. The summed E-state index contributed by atoms with van der Waals surface area (Å²) in [4.78, 5) is 28.3. The van der Waals surface area contributed by atoms with E-state index < -0.39 is 4.92 Å². The van der Waals surface area contributed by atoms with Gasteiger partial charge in [-0.3, -0.25) is 20.2 Å². The average Bonchev–Trinajstić information content (AvgIpc) is 3.18. The standard InChI is InChI=1S/C22H13ClFN3O3S/c23-16-3-1-2-15(12-16)21(28)26-22-25-19(13-4-8-17(24)9-5-13)20(31-22)14-6-10-18(11-7-14)27(29)30/h1-12H,(H,25,26,28). The molecule has 0 aliphatic heterocycles. The van der Waals surface area contributed by atoms with Crippen molar-refractivity contribution >= 4 is 39.7 Å². The van der Waals surface area contributed by atoms with Gasteiger partial charge in [0.15, 0.2) is 5.13 Å². The molecule has 0 bridgehead atoms. The van der Waals surface area contributed by atoms with Crippen LogP contribution in [0.3, 0.4) is 0 Å². The van der Waals surface area contributed by atoms with Gasteiger partial charge in [0.1, 0.15) is 5.82 Å². The van der Waals surface area contributed by atoms with Crippen LogP contribution in [-0.2, 0) is 0 Å². The number of hydrogen-bond acceptors (Lipinski definition) is 5. The topological polar surface area (TPSA) is 85.1 Å². The highest BCUT2D eigenvalue weighted by Crippen LogP contribution is 2.39. The predicted molar refractivity (Wildman–Crippen MR) is 119 cm³/mol. The maximum atomic E-state index is 13.4. The predicted octanol–water partition coefficient (Wildman–Crippen LogP) is 6.43. The van der Waals surface area contributed by atoms with Gasteiger partial charge in [-0.05, 0) is 60.2 Å². The number of carbonyl (C=O) groups excluding carboxylic acids is 1. The normalized spacial score (nSPS) is 10.6. The van der Waals surface area contributed by atoms with Crippen LogP contribution in [0.4, 0.5) is 15.2 Å². The lowest BCUT2D eigenvalue weighted by molar-refractivity contribution is -0.384. The van der Waals surface area contributed by atoms with E-state index in [1.165, 1.54) is 35.6 Å². The molecule has 1 heterocycles. The quantitative estimate of drug-likeness (QED) is 0.278. The lowest BCUT2D eigenvalue weighted by atomic mass is 10.1. The molecule has 6 nitrogen and oxygen atoms in total. The van der Waals surface area contributed by atoms with Crippen molar-refractivity contribution in [3.63, 3.8) is 0 Å². The summed E-state index contributed by atoms with van der Waals surface area (Å²) < 4.78 is 13.4. The molecule has 3 aromatic carbocycles. The van der Waals surface area contributed by atoms with E-state index in [4.69, 9.17) is 11.6 Å². The second kappa shape index (κ2) is 8.63. The van der Waals surface area contributed by atoms with Gasteiger partial charge in [-0.2, -0.15) is 0 Å². The minimum atomic E-state index is -0.478. The van der Waals surface area contributed by atoms with E-state index in [0.717, 1.165) is 0 Å². The van der Waals surface area contributed by atoms with E-state index in [2.05, 4.69) is 10.3 Å². The number of amides is 1. The first-order valence-electron chi connectivity index (χ1n) is 8.99. The Morgan fingerprint density at radius 1 is 1.03 bits per heavy atom. The third kappa shape index (κ3) is 4.60. The number of halogens is 2. The zero-order valence-electron chi connectivity index (χ0n) is 15.7. The van der Waals surface area contributed by atoms with Gasteiger partial charge < -0.3 is 0 Å². The fourth-order valence-electron chi connectivity index (χ4n) is 2.91. The zero-order valence-corrected chi connectivity index (χ0v) is 17.3. The van der Waals surface area contributed by atoms with Crippen LogP contribution < -0.4 is 5.32 Å². The Hall–Kier alpha value is -3.62. The Labute approximate surface area is 185 Å². The highest BCUT2D eigenvalue weighted by atomic mass is 35.5. The highest BCUT2D eigenvalue weighted by molar-refractivity contribution is 7.19. The average molecular weight is 454 g/mol. The Morgan fingerprint density at radius 3 is 2.35 bits per heavy atom. The molecule has 0 saturated heterocycles. The second-order valence-corrected chi connectivity index (χ2v) is 7.91. The van der Waals surface area contributed by atoms with Crippen LogP contribution >= 0.6 is 22.9 Å². The second-order valence-electron chi connectivity index (χ2n) is 6.47. The molecule has 0 radical (unpaired) electrons. The molecule has 0 aliphatic carbocycles. The van der Waals surface area contributed by atoms with Crippen LogP contribution in [-0.4, -0.2) is 15.8 Å². The summed E-state index contributed by atoms with van der Waals surface area (Å²) in [5, 5.41) is 14.5. The van der Waals surface area contributed by atoms with Crippen LogP contribution in [0.25, 0.3) is 21.7 Å². The van der Waals surface area contributed by atoms with Crippen LogP contribution in [0.1, 0.15) is 10.4 Å². The molecule has 4 aromatic rings. The van der Waals surface area contributed by atoms with E-state index in [9.17, 15) is 19.3 Å². The summed E-state index contributed by atoms with van der Waals surface area (Å²) in [5.74, 6) is -0.762. The van der Waals surface area contributed by atoms with Crippen LogP contribution in [0.2, 0.25) is 5.02 Å². The number of nitrogens with zero attached hydrogens (tertiary/aromatic N) is 2. The molecular weight excluding hydrogens is 441 g/mol. The van der Waals surface area contributed by atoms with Crippen molar-refractivity contribution in [3.05, 3.63) is 99.3 Å². The number of thiazole rings is 1. The first kappa shape index (κ1) is 20.6. The Morgan fingerprint density at radius 2 is 1.71 bits per heavy atom. The molecule has 0 aliphatic rings. The number of rotatable bonds is 5. The molecule has 0 atom stereocenters.